The van der Waals surface area contributed by atoms with Gasteiger partial charge in [0.05, 0.1) is 16.6 Å². The zero-order valence-corrected chi connectivity index (χ0v) is 14.5. The molecule has 0 amide bonds. The Hall–Kier alpha value is -2.05. The molecule has 1 fully saturated rings. The minimum absolute atomic E-state index is 0.0780. The largest absolute Gasteiger partial charge is 0.488 e. The molecule has 1 aromatic carbocycles. The molecule has 0 N–H and O–H groups in total. The summed E-state index contributed by atoms with van der Waals surface area (Å²) in [7, 11) is 0. The van der Waals surface area contributed by atoms with E-state index in [9.17, 15) is 0 Å². The third-order valence-electron chi connectivity index (χ3n) is 4.02. The van der Waals surface area contributed by atoms with Crippen molar-refractivity contribution in [3.05, 3.63) is 46.3 Å². The molecule has 2 aromatic heterocycles. The number of rotatable bonds is 3. The quantitative estimate of drug-likeness (QED) is 0.713. The minimum Gasteiger partial charge on any atom is -0.488 e. The van der Waals surface area contributed by atoms with E-state index in [4.69, 9.17) is 27.9 Å². The Labute approximate surface area is 149 Å². The summed E-state index contributed by atoms with van der Waals surface area (Å²) < 4.78 is 7.80. The van der Waals surface area contributed by atoms with Crippen LogP contribution in [-0.2, 0) is 0 Å². The molecule has 3 heterocycles. The molecular formula is C16H15Cl2N5O. The molecule has 1 atom stereocenters. The van der Waals surface area contributed by atoms with Crippen molar-refractivity contribution >= 4 is 34.8 Å². The molecule has 0 radical (unpaired) electrons. The molecule has 8 heteroatoms. The summed E-state index contributed by atoms with van der Waals surface area (Å²) in [5, 5.41) is 5.29. The van der Waals surface area contributed by atoms with E-state index in [1.165, 1.54) is 6.33 Å². The van der Waals surface area contributed by atoms with Crippen molar-refractivity contribution in [1.82, 2.24) is 19.6 Å². The molecule has 0 spiro atoms. The van der Waals surface area contributed by atoms with Gasteiger partial charge in [-0.1, -0.05) is 23.2 Å². The number of anilines is 1. The summed E-state index contributed by atoms with van der Waals surface area (Å²) in [5.74, 6) is 2.32. The number of aryl methyl sites for hydroxylation is 1. The Kier molecular flexibility index (Phi) is 3.94. The van der Waals surface area contributed by atoms with Crippen LogP contribution in [0.5, 0.6) is 5.75 Å². The van der Waals surface area contributed by atoms with Crippen molar-refractivity contribution in [2.45, 2.75) is 19.4 Å². The van der Waals surface area contributed by atoms with Crippen molar-refractivity contribution in [2.75, 3.05) is 18.0 Å². The van der Waals surface area contributed by atoms with Crippen molar-refractivity contribution in [1.29, 1.82) is 0 Å². The molecule has 1 aliphatic rings. The van der Waals surface area contributed by atoms with E-state index in [-0.39, 0.29) is 6.10 Å². The van der Waals surface area contributed by atoms with Gasteiger partial charge in [0.15, 0.2) is 0 Å². The number of hydrogen-bond acceptors (Lipinski definition) is 5. The highest BCUT2D eigenvalue weighted by Gasteiger charge is 2.26. The standard InChI is InChI=1S/C16H15Cl2N5O/c1-10-6-15(23-16(21-10)19-9-20-23)22-5-4-12(8-22)24-11-2-3-13(17)14(18)7-11/h2-3,6-7,9,12H,4-5,8H2,1H3. The number of fused-ring (bicyclic) bond motifs is 1. The van der Waals surface area contributed by atoms with Crippen molar-refractivity contribution in [3.8, 4) is 5.75 Å². The molecule has 124 valence electrons. The number of halogens is 2. The van der Waals surface area contributed by atoms with Gasteiger partial charge in [-0.25, -0.2) is 4.98 Å². The predicted octanol–water partition coefficient (Wildman–Crippen LogP) is 3.40. The lowest BCUT2D eigenvalue weighted by Gasteiger charge is -2.20. The van der Waals surface area contributed by atoms with Gasteiger partial charge in [0.25, 0.3) is 5.78 Å². The highest BCUT2D eigenvalue weighted by atomic mass is 35.5. The molecule has 0 bridgehead atoms. The minimum atomic E-state index is 0.0780. The first-order valence-corrected chi connectivity index (χ1v) is 8.40. The fourth-order valence-electron chi connectivity index (χ4n) is 2.91. The fraction of sp³-hybridized carbons (Fsp3) is 0.312. The maximum Gasteiger partial charge on any atom is 0.254 e. The van der Waals surface area contributed by atoms with Crippen LogP contribution in [0, 0.1) is 6.92 Å². The average Bonchev–Trinajstić information content (AvgIpc) is 3.19. The smallest absolute Gasteiger partial charge is 0.254 e. The summed E-state index contributed by atoms with van der Waals surface area (Å²) in [6.07, 6.45) is 2.51. The molecule has 1 saturated heterocycles. The van der Waals surface area contributed by atoms with Gasteiger partial charge < -0.3 is 9.64 Å². The van der Waals surface area contributed by atoms with Gasteiger partial charge in [-0.15, -0.1) is 0 Å². The zero-order chi connectivity index (χ0) is 16.7. The first-order chi connectivity index (χ1) is 11.6. The van der Waals surface area contributed by atoms with Crippen molar-refractivity contribution < 1.29 is 4.74 Å². The lowest BCUT2D eigenvalue weighted by molar-refractivity contribution is 0.225. The van der Waals surface area contributed by atoms with E-state index < -0.39 is 0 Å². The summed E-state index contributed by atoms with van der Waals surface area (Å²) in [4.78, 5) is 10.8. The number of ether oxygens (including phenoxy) is 1. The third kappa shape index (κ3) is 2.87. The van der Waals surface area contributed by atoms with Crippen molar-refractivity contribution in [3.63, 3.8) is 0 Å². The van der Waals surface area contributed by atoms with Crippen LogP contribution < -0.4 is 9.64 Å². The van der Waals surface area contributed by atoms with E-state index in [1.54, 1.807) is 16.6 Å². The van der Waals surface area contributed by atoms with Crippen LogP contribution in [0.25, 0.3) is 5.78 Å². The van der Waals surface area contributed by atoms with Gasteiger partial charge in [0.2, 0.25) is 0 Å². The second kappa shape index (κ2) is 6.11. The molecule has 0 saturated carbocycles. The zero-order valence-electron chi connectivity index (χ0n) is 13.0. The Bertz CT molecular complexity index is 897. The maximum absolute atomic E-state index is 6.05. The van der Waals surface area contributed by atoms with Gasteiger partial charge in [0, 0.05) is 30.8 Å². The van der Waals surface area contributed by atoms with Crippen LogP contribution in [0.1, 0.15) is 12.1 Å². The highest BCUT2D eigenvalue weighted by molar-refractivity contribution is 6.42. The van der Waals surface area contributed by atoms with E-state index in [2.05, 4.69) is 20.0 Å². The normalized spacial score (nSPS) is 17.6. The summed E-state index contributed by atoms with van der Waals surface area (Å²) in [6, 6.07) is 7.35. The van der Waals surface area contributed by atoms with E-state index in [0.29, 0.717) is 15.8 Å². The van der Waals surface area contributed by atoms with E-state index in [0.717, 1.165) is 36.8 Å². The summed E-state index contributed by atoms with van der Waals surface area (Å²) in [5.41, 5.74) is 0.916. The highest BCUT2D eigenvalue weighted by Crippen LogP contribution is 2.29. The number of aromatic nitrogens is 4. The van der Waals surface area contributed by atoms with Crippen LogP contribution in [0.4, 0.5) is 5.82 Å². The van der Waals surface area contributed by atoms with Gasteiger partial charge in [0.1, 0.15) is 24.0 Å². The van der Waals surface area contributed by atoms with Gasteiger partial charge >= 0.3 is 0 Å². The molecule has 1 aliphatic heterocycles. The molecule has 0 aliphatic carbocycles. The number of hydrogen-bond donors (Lipinski definition) is 0. The van der Waals surface area contributed by atoms with E-state index >= 15 is 0 Å². The molecule has 24 heavy (non-hydrogen) atoms. The van der Waals surface area contributed by atoms with Gasteiger partial charge in [-0.05, 0) is 19.1 Å². The lowest BCUT2D eigenvalue weighted by atomic mass is 10.3. The molecule has 4 rings (SSSR count). The second-order valence-corrected chi connectivity index (χ2v) is 6.59. The van der Waals surface area contributed by atoms with E-state index in [1.807, 2.05) is 19.1 Å². The molecule has 3 aromatic rings. The third-order valence-corrected chi connectivity index (χ3v) is 4.76. The summed E-state index contributed by atoms with van der Waals surface area (Å²) >= 11 is 12.0. The SMILES string of the molecule is Cc1cc(N2CCC(Oc3ccc(Cl)c(Cl)c3)C2)n2ncnc2n1. The topological polar surface area (TPSA) is 55.6 Å². The van der Waals surface area contributed by atoms with Crippen LogP contribution in [0.3, 0.4) is 0 Å². The second-order valence-electron chi connectivity index (χ2n) is 5.78. The van der Waals surface area contributed by atoms with Crippen LogP contribution >= 0.6 is 23.2 Å². The lowest BCUT2D eigenvalue weighted by Crippen LogP contribution is -2.26. The number of nitrogens with zero attached hydrogens (tertiary/aromatic N) is 5. The first kappa shape index (κ1) is 15.5. The first-order valence-electron chi connectivity index (χ1n) is 7.64. The average molecular weight is 364 g/mol. The predicted molar refractivity (Wildman–Crippen MR) is 93.2 cm³/mol. The van der Waals surface area contributed by atoms with Crippen LogP contribution in [0.2, 0.25) is 10.0 Å². The molecular weight excluding hydrogens is 349 g/mol. The Morgan fingerprint density at radius 2 is 2.08 bits per heavy atom. The number of benzene rings is 1. The van der Waals surface area contributed by atoms with Crippen LogP contribution in [0.15, 0.2) is 30.6 Å². The summed E-state index contributed by atoms with van der Waals surface area (Å²) in [6.45, 7) is 3.60. The Morgan fingerprint density at radius 1 is 1.21 bits per heavy atom. The monoisotopic (exact) mass is 363 g/mol. The van der Waals surface area contributed by atoms with Gasteiger partial charge in [-0.3, -0.25) is 0 Å². The van der Waals surface area contributed by atoms with Crippen LogP contribution in [-0.4, -0.2) is 38.8 Å². The molecule has 6 nitrogen and oxygen atoms in total. The van der Waals surface area contributed by atoms with Gasteiger partial charge in [-0.2, -0.15) is 14.6 Å². The Morgan fingerprint density at radius 3 is 2.92 bits per heavy atom. The van der Waals surface area contributed by atoms with Crippen molar-refractivity contribution in [2.24, 2.45) is 0 Å². The molecule has 1 unspecified atom stereocenters. The maximum atomic E-state index is 6.05. The fourth-order valence-corrected chi connectivity index (χ4v) is 3.20. The Balaban J connectivity index is 1.53.